The Bertz CT molecular complexity index is 718. The van der Waals surface area contributed by atoms with Crippen molar-refractivity contribution in [3.8, 4) is 5.75 Å². The number of pyridine rings is 1. The Labute approximate surface area is 148 Å². The summed E-state index contributed by atoms with van der Waals surface area (Å²) in [6, 6.07) is 11.0. The maximum absolute atomic E-state index is 12.4. The Balaban J connectivity index is 1.52. The van der Waals surface area contributed by atoms with Gasteiger partial charge in [0.1, 0.15) is 5.75 Å². The molecule has 1 fully saturated rings. The molecule has 1 amide bonds. The van der Waals surface area contributed by atoms with Gasteiger partial charge in [-0.2, -0.15) is 0 Å². The fraction of sp³-hybridized carbons (Fsp3) is 0.400. The highest BCUT2D eigenvalue weighted by Gasteiger charge is 2.21. The number of nitrogens with zero attached hydrogens (tertiary/aromatic N) is 2. The first-order valence-electron chi connectivity index (χ1n) is 8.82. The quantitative estimate of drug-likeness (QED) is 0.879. The zero-order valence-electron chi connectivity index (χ0n) is 14.6. The Kier molecular flexibility index (Phi) is 5.66. The smallest absolute Gasteiger partial charge is 0.251 e. The molecule has 1 atom stereocenters. The molecule has 2 N–H and O–H groups in total. The molecule has 2 heterocycles. The monoisotopic (exact) mass is 339 g/mol. The number of hydrogen-bond acceptors (Lipinski definition) is 4. The average Bonchev–Trinajstić information content (AvgIpc) is 2.63. The molecule has 0 bridgehead atoms. The number of phenols is 1. The minimum Gasteiger partial charge on any atom is -0.508 e. The van der Waals surface area contributed by atoms with Crippen LogP contribution in [0.2, 0.25) is 0 Å². The summed E-state index contributed by atoms with van der Waals surface area (Å²) in [5, 5.41) is 12.8. The fourth-order valence-electron chi connectivity index (χ4n) is 3.38. The third kappa shape index (κ3) is 4.57. The van der Waals surface area contributed by atoms with E-state index in [1.165, 1.54) is 0 Å². The number of hydrogen-bond donors (Lipinski definition) is 2. The molecule has 1 aliphatic rings. The largest absolute Gasteiger partial charge is 0.508 e. The van der Waals surface area contributed by atoms with Crippen LogP contribution in [0.25, 0.3) is 0 Å². The molecule has 5 nitrogen and oxygen atoms in total. The van der Waals surface area contributed by atoms with Crippen molar-refractivity contribution in [3.63, 3.8) is 0 Å². The van der Waals surface area contributed by atoms with Crippen LogP contribution in [0.5, 0.6) is 5.75 Å². The van der Waals surface area contributed by atoms with Gasteiger partial charge in [0.25, 0.3) is 5.91 Å². The standard InChI is InChI=1S/C20H25N3O2/c1-15-18(8-4-9-19(15)24)20(25)22-12-16-6-5-11-23(13-16)14-17-7-2-3-10-21-17/h2-4,7-10,16,24H,5-6,11-14H2,1H3,(H,22,25)/t16-/m0/s1. The van der Waals surface area contributed by atoms with Crippen molar-refractivity contribution in [1.82, 2.24) is 15.2 Å². The van der Waals surface area contributed by atoms with Gasteiger partial charge in [-0.25, -0.2) is 0 Å². The molecule has 0 unspecified atom stereocenters. The first-order chi connectivity index (χ1) is 12.1. The molecule has 2 aromatic rings. The van der Waals surface area contributed by atoms with Crippen molar-refractivity contribution in [3.05, 3.63) is 59.4 Å². The SMILES string of the molecule is Cc1c(O)cccc1C(=O)NC[C@@H]1CCCN(Cc2ccccn2)C1. The van der Waals surface area contributed by atoms with Gasteiger partial charge < -0.3 is 10.4 Å². The summed E-state index contributed by atoms with van der Waals surface area (Å²) < 4.78 is 0. The number of aromatic nitrogens is 1. The summed E-state index contributed by atoms with van der Waals surface area (Å²) in [6.07, 6.45) is 4.09. The van der Waals surface area contributed by atoms with Gasteiger partial charge in [0.2, 0.25) is 0 Å². The second-order valence-corrected chi connectivity index (χ2v) is 6.72. The number of rotatable bonds is 5. The van der Waals surface area contributed by atoms with Crippen LogP contribution < -0.4 is 5.32 Å². The molecule has 5 heteroatoms. The van der Waals surface area contributed by atoms with E-state index in [1.807, 2.05) is 18.3 Å². The molecule has 0 saturated carbocycles. The lowest BCUT2D eigenvalue weighted by Crippen LogP contribution is -2.40. The molecule has 0 radical (unpaired) electrons. The first-order valence-corrected chi connectivity index (χ1v) is 8.82. The van der Waals surface area contributed by atoms with E-state index in [9.17, 15) is 9.90 Å². The minimum atomic E-state index is -0.116. The second-order valence-electron chi connectivity index (χ2n) is 6.72. The highest BCUT2D eigenvalue weighted by Crippen LogP contribution is 2.20. The summed E-state index contributed by atoms with van der Waals surface area (Å²) in [4.78, 5) is 19.2. The van der Waals surface area contributed by atoms with E-state index in [2.05, 4.69) is 21.3 Å². The van der Waals surface area contributed by atoms with Crippen LogP contribution in [0.1, 0.15) is 34.5 Å². The number of likely N-dealkylation sites (tertiary alicyclic amines) is 1. The molecule has 0 aliphatic carbocycles. The summed E-state index contributed by atoms with van der Waals surface area (Å²) in [5.74, 6) is 0.487. The van der Waals surface area contributed by atoms with Crippen molar-refractivity contribution < 1.29 is 9.90 Å². The normalized spacial score (nSPS) is 18.0. The van der Waals surface area contributed by atoms with Crippen LogP contribution >= 0.6 is 0 Å². The van der Waals surface area contributed by atoms with E-state index in [0.29, 0.717) is 23.6 Å². The molecule has 1 saturated heterocycles. The molecule has 25 heavy (non-hydrogen) atoms. The minimum absolute atomic E-state index is 0.116. The van der Waals surface area contributed by atoms with Crippen molar-refractivity contribution in [1.29, 1.82) is 0 Å². The van der Waals surface area contributed by atoms with Crippen LogP contribution in [-0.2, 0) is 6.54 Å². The summed E-state index contributed by atoms with van der Waals surface area (Å²) >= 11 is 0. The van der Waals surface area contributed by atoms with Crippen LogP contribution in [-0.4, -0.2) is 40.5 Å². The van der Waals surface area contributed by atoms with Crippen LogP contribution in [0, 0.1) is 12.8 Å². The zero-order chi connectivity index (χ0) is 17.6. The highest BCUT2D eigenvalue weighted by molar-refractivity contribution is 5.96. The highest BCUT2D eigenvalue weighted by atomic mass is 16.3. The summed E-state index contributed by atoms with van der Waals surface area (Å²) in [5.41, 5.74) is 2.25. The van der Waals surface area contributed by atoms with Gasteiger partial charge in [0, 0.05) is 37.0 Å². The molecular formula is C20H25N3O2. The number of amides is 1. The third-order valence-electron chi connectivity index (χ3n) is 4.82. The number of carbonyl (C=O) groups is 1. The molecule has 1 aliphatic heterocycles. The van der Waals surface area contributed by atoms with Gasteiger partial charge in [-0.3, -0.25) is 14.7 Å². The van der Waals surface area contributed by atoms with E-state index in [4.69, 9.17) is 0 Å². The summed E-state index contributed by atoms with van der Waals surface area (Å²) in [6.45, 7) is 5.33. The third-order valence-corrected chi connectivity index (χ3v) is 4.82. The Hall–Kier alpha value is -2.40. The lowest BCUT2D eigenvalue weighted by molar-refractivity contribution is 0.0929. The fourth-order valence-corrected chi connectivity index (χ4v) is 3.38. The Morgan fingerprint density at radius 3 is 3.00 bits per heavy atom. The Morgan fingerprint density at radius 2 is 2.20 bits per heavy atom. The van der Waals surface area contributed by atoms with Crippen molar-refractivity contribution in [2.45, 2.75) is 26.3 Å². The maximum Gasteiger partial charge on any atom is 0.251 e. The number of piperidine rings is 1. The molecule has 0 spiro atoms. The van der Waals surface area contributed by atoms with Crippen LogP contribution in [0.15, 0.2) is 42.6 Å². The van der Waals surface area contributed by atoms with E-state index >= 15 is 0 Å². The van der Waals surface area contributed by atoms with Crippen molar-refractivity contribution >= 4 is 5.91 Å². The van der Waals surface area contributed by atoms with Crippen LogP contribution in [0.4, 0.5) is 0 Å². The first kappa shape index (κ1) is 17.4. The van der Waals surface area contributed by atoms with Gasteiger partial charge >= 0.3 is 0 Å². The van der Waals surface area contributed by atoms with E-state index < -0.39 is 0 Å². The van der Waals surface area contributed by atoms with Crippen LogP contribution in [0.3, 0.4) is 0 Å². The number of nitrogens with one attached hydrogen (secondary N) is 1. The molecular weight excluding hydrogens is 314 g/mol. The van der Waals surface area contributed by atoms with Gasteiger partial charge in [-0.1, -0.05) is 12.1 Å². The lowest BCUT2D eigenvalue weighted by atomic mass is 9.97. The average molecular weight is 339 g/mol. The Morgan fingerprint density at radius 1 is 1.32 bits per heavy atom. The van der Waals surface area contributed by atoms with E-state index in [-0.39, 0.29) is 11.7 Å². The van der Waals surface area contributed by atoms with E-state index in [0.717, 1.165) is 38.2 Å². The van der Waals surface area contributed by atoms with Gasteiger partial charge in [0.05, 0.1) is 5.69 Å². The molecule has 1 aromatic carbocycles. The second kappa shape index (κ2) is 8.12. The van der Waals surface area contributed by atoms with Gasteiger partial charge in [-0.15, -0.1) is 0 Å². The number of aromatic hydroxyl groups is 1. The predicted molar refractivity (Wildman–Crippen MR) is 97.4 cm³/mol. The topological polar surface area (TPSA) is 65.5 Å². The van der Waals surface area contributed by atoms with Crippen molar-refractivity contribution in [2.75, 3.05) is 19.6 Å². The number of phenolic OH excluding ortho intramolecular Hbond substituents is 1. The molecule has 3 rings (SSSR count). The molecule has 132 valence electrons. The number of carbonyl (C=O) groups excluding carboxylic acids is 1. The maximum atomic E-state index is 12.4. The van der Waals surface area contributed by atoms with Gasteiger partial charge in [-0.05, 0) is 56.5 Å². The predicted octanol–water partition coefficient (Wildman–Crippen LogP) is 2.74. The van der Waals surface area contributed by atoms with E-state index in [1.54, 1.807) is 25.1 Å². The van der Waals surface area contributed by atoms with Crippen molar-refractivity contribution in [2.24, 2.45) is 5.92 Å². The zero-order valence-corrected chi connectivity index (χ0v) is 14.6. The molecule has 1 aromatic heterocycles. The van der Waals surface area contributed by atoms with Gasteiger partial charge in [0.15, 0.2) is 0 Å². The lowest BCUT2D eigenvalue weighted by Gasteiger charge is -2.32. The number of benzene rings is 1. The summed E-state index contributed by atoms with van der Waals surface area (Å²) in [7, 11) is 0.